The summed E-state index contributed by atoms with van der Waals surface area (Å²) in [7, 11) is -3.59. The van der Waals surface area contributed by atoms with Crippen LogP contribution < -0.4 is 0 Å². The topological polar surface area (TPSA) is 91.7 Å². The average molecular weight is 305 g/mol. The summed E-state index contributed by atoms with van der Waals surface area (Å²) < 4.78 is 23.5. The van der Waals surface area contributed by atoms with Crippen LogP contribution in [0.4, 0.5) is 0 Å². The highest BCUT2D eigenvalue weighted by Crippen LogP contribution is 2.62. The van der Waals surface area contributed by atoms with Crippen LogP contribution in [0.5, 0.6) is 0 Å². The maximum atomic E-state index is 11.7. The lowest BCUT2D eigenvalue weighted by atomic mass is 10.0. The van der Waals surface area contributed by atoms with Crippen LogP contribution in [-0.4, -0.2) is 42.7 Å². The molecule has 1 aromatic carbocycles. The number of halogens is 1. The van der Waals surface area contributed by atoms with E-state index in [-0.39, 0.29) is 0 Å². The van der Waals surface area contributed by atoms with Crippen molar-refractivity contribution in [3.8, 4) is 0 Å². The number of rotatable bonds is 4. The Kier molecular flexibility index (Phi) is 3.36. The molecule has 0 aromatic heterocycles. The van der Waals surface area contributed by atoms with Gasteiger partial charge in [-0.1, -0.05) is 23.7 Å². The van der Waals surface area contributed by atoms with Gasteiger partial charge in [0.2, 0.25) is 0 Å². The molecule has 104 valence electrons. The van der Waals surface area contributed by atoms with E-state index in [1.807, 2.05) is 0 Å². The van der Waals surface area contributed by atoms with Crippen LogP contribution in [0, 0.1) is 5.41 Å². The number of aliphatic hydroxyl groups excluding tert-OH is 1. The van der Waals surface area contributed by atoms with Crippen LogP contribution in [0.2, 0.25) is 5.02 Å². The zero-order chi connectivity index (χ0) is 14.4. The summed E-state index contributed by atoms with van der Waals surface area (Å²) in [5.41, 5.74) is -1.16. The van der Waals surface area contributed by atoms with Gasteiger partial charge in [-0.15, -0.1) is 0 Å². The minimum absolute atomic E-state index is 0.397. The van der Waals surface area contributed by atoms with Crippen molar-refractivity contribution in [3.63, 3.8) is 0 Å². The Labute approximate surface area is 115 Å². The standard InChI is InChI=1S/C12H13ClO5S/c1-19(17,18)10-9(12(10,6-14)11(15)16)7-3-2-4-8(13)5-7/h2-5,9-10,14H,6H2,1H3,(H,15,16)/t9-,10+,12-/m0/s1. The van der Waals surface area contributed by atoms with Gasteiger partial charge in [-0.05, 0) is 17.7 Å². The van der Waals surface area contributed by atoms with Gasteiger partial charge < -0.3 is 10.2 Å². The van der Waals surface area contributed by atoms with E-state index < -0.39 is 39.0 Å². The Morgan fingerprint density at radius 2 is 2.11 bits per heavy atom. The van der Waals surface area contributed by atoms with Crippen molar-refractivity contribution >= 4 is 27.4 Å². The molecule has 3 atom stereocenters. The van der Waals surface area contributed by atoms with Gasteiger partial charge in [-0.3, -0.25) is 4.79 Å². The molecule has 5 nitrogen and oxygen atoms in total. The second-order valence-electron chi connectivity index (χ2n) is 4.79. The summed E-state index contributed by atoms with van der Waals surface area (Å²) in [6.07, 6.45) is 0.982. The molecule has 1 fully saturated rings. The third-order valence-electron chi connectivity index (χ3n) is 3.59. The first-order valence-electron chi connectivity index (χ1n) is 5.53. The Morgan fingerprint density at radius 3 is 2.47 bits per heavy atom. The Bertz CT molecular complexity index is 627. The van der Waals surface area contributed by atoms with Crippen molar-refractivity contribution in [2.75, 3.05) is 12.9 Å². The van der Waals surface area contributed by atoms with Crippen LogP contribution in [0.15, 0.2) is 24.3 Å². The maximum Gasteiger partial charge on any atom is 0.314 e. The molecule has 0 spiro atoms. The molecule has 0 aliphatic heterocycles. The number of benzene rings is 1. The first kappa shape index (κ1) is 14.3. The molecule has 0 amide bonds. The first-order chi connectivity index (χ1) is 8.75. The number of hydrogen-bond donors (Lipinski definition) is 2. The first-order valence-corrected chi connectivity index (χ1v) is 7.87. The second-order valence-corrected chi connectivity index (χ2v) is 7.39. The SMILES string of the molecule is CS(=O)(=O)[C@@H]1[C@H](c2cccc(Cl)c2)[C@]1(CO)C(=O)O. The Balaban J connectivity index is 2.53. The minimum atomic E-state index is -3.59. The summed E-state index contributed by atoms with van der Waals surface area (Å²) >= 11 is 5.84. The van der Waals surface area contributed by atoms with Gasteiger partial charge in [0.1, 0.15) is 5.41 Å². The van der Waals surface area contributed by atoms with Crippen molar-refractivity contribution in [3.05, 3.63) is 34.9 Å². The largest absolute Gasteiger partial charge is 0.481 e. The fraction of sp³-hybridized carbons (Fsp3) is 0.417. The summed E-state index contributed by atoms with van der Waals surface area (Å²) in [5.74, 6) is -2.08. The van der Waals surface area contributed by atoms with Crippen LogP contribution in [0.3, 0.4) is 0 Å². The van der Waals surface area contributed by atoms with Gasteiger partial charge in [0, 0.05) is 17.2 Å². The lowest BCUT2D eigenvalue weighted by molar-refractivity contribution is -0.145. The molecule has 0 heterocycles. The van der Waals surface area contributed by atoms with E-state index in [0.29, 0.717) is 10.6 Å². The van der Waals surface area contributed by atoms with Gasteiger partial charge in [-0.25, -0.2) is 8.42 Å². The summed E-state index contributed by atoms with van der Waals surface area (Å²) in [4.78, 5) is 11.4. The van der Waals surface area contributed by atoms with Crippen LogP contribution in [0.25, 0.3) is 0 Å². The van der Waals surface area contributed by atoms with Crippen molar-refractivity contribution in [1.29, 1.82) is 0 Å². The van der Waals surface area contributed by atoms with Crippen molar-refractivity contribution in [2.45, 2.75) is 11.2 Å². The number of carbonyl (C=O) groups is 1. The number of aliphatic hydroxyl groups is 1. The minimum Gasteiger partial charge on any atom is -0.481 e. The number of hydrogen-bond acceptors (Lipinski definition) is 4. The normalized spacial score (nSPS) is 30.1. The van der Waals surface area contributed by atoms with Crippen molar-refractivity contribution in [1.82, 2.24) is 0 Å². The lowest BCUT2D eigenvalue weighted by Crippen LogP contribution is -2.27. The number of carboxylic acids is 1. The molecule has 1 aromatic rings. The molecular formula is C12H13ClO5S. The van der Waals surface area contributed by atoms with Crippen LogP contribution >= 0.6 is 11.6 Å². The molecule has 0 radical (unpaired) electrons. The molecule has 1 saturated carbocycles. The molecule has 1 aliphatic rings. The van der Waals surface area contributed by atoms with E-state index in [1.54, 1.807) is 18.2 Å². The molecule has 1 aliphatic carbocycles. The van der Waals surface area contributed by atoms with Crippen molar-refractivity contribution < 1.29 is 23.4 Å². The van der Waals surface area contributed by atoms with Gasteiger partial charge in [-0.2, -0.15) is 0 Å². The summed E-state index contributed by atoms with van der Waals surface area (Å²) in [5, 5.41) is 17.9. The fourth-order valence-electron chi connectivity index (χ4n) is 2.72. The highest BCUT2D eigenvalue weighted by atomic mass is 35.5. The number of sulfone groups is 1. The van der Waals surface area contributed by atoms with E-state index in [1.165, 1.54) is 6.07 Å². The molecule has 0 bridgehead atoms. The van der Waals surface area contributed by atoms with E-state index >= 15 is 0 Å². The Morgan fingerprint density at radius 1 is 1.47 bits per heavy atom. The zero-order valence-corrected chi connectivity index (χ0v) is 11.6. The predicted molar refractivity (Wildman–Crippen MR) is 70.0 cm³/mol. The van der Waals surface area contributed by atoms with E-state index in [2.05, 4.69) is 0 Å². The predicted octanol–water partition coefficient (Wildman–Crippen LogP) is 0.914. The van der Waals surface area contributed by atoms with Gasteiger partial charge >= 0.3 is 5.97 Å². The van der Waals surface area contributed by atoms with E-state index in [4.69, 9.17) is 11.6 Å². The Hall–Kier alpha value is -1.11. The van der Waals surface area contributed by atoms with Crippen LogP contribution in [-0.2, 0) is 14.6 Å². The molecule has 0 saturated heterocycles. The smallest absolute Gasteiger partial charge is 0.314 e. The molecule has 2 N–H and O–H groups in total. The molecule has 19 heavy (non-hydrogen) atoms. The van der Waals surface area contributed by atoms with Gasteiger partial charge in [0.05, 0.1) is 11.9 Å². The highest BCUT2D eigenvalue weighted by molar-refractivity contribution is 7.91. The average Bonchev–Trinajstić information content (AvgIpc) is 2.99. The van der Waals surface area contributed by atoms with Gasteiger partial charge in [0.15, 0.2) is 9.84 Å². The van der Waals surface area contributed by atoms with Crippen molar-refractivity contribution in [2.24, 2.45) is 5.41 Å². The molecule has 0 unspecified atom stereocenters. The molecular weight excluding hydrogens is 292 g/mol. The number of carboxylic acid groups (broad SMARTS) is 1. The molecule has 7 heteroatoms. The fourth-order valence-corrected chi connectivity index (χ4v) is 4.82. The summed E-state index contributed by atoms with van der Waals surface area (Å²) in [6.45, 7) is -0.725. The third-order valence-corrected chi connectivity index (χ3v) is 5.44. The van der Waals surface area contributed by atoms with E-state index in [0.717, 1.165) is 6.26 Å². The van der Waals surface area contributed by atoms with Gasteiger partial charge in [0.25, 0.3) is 0 Å². The highest BCUT2D eigenvalue weighted by Gasteiger charge is 2.74. The zero-order valence-electron chi connectivity index (χ0n) is 10.1. The molecule has 2 rings (SSSR count). The van der Waals surface area contributed by atoms with Crippen LogP contribution in [0.1, 0.15) is 11.5 Å². The lowest BCUT2D eigenvalue weighted by Gasteiger charge is -2.08. The monoisotopic (exact) mass is 304 g/mol. The maximum absolute atomic E-state index is 11.7. The summed E-state index contributed by atoms with van der Waals surface area (Å²) in [6, 6.07) is 6.39. The quantitative estimate of drug-likeness (QED) is 0.863. The van der Waals surface area contributed by atoms with E-state index in [9.17, 15) is 23.4 Å². The second kappa shape index (κ2) is 4.47. The number of aliphatic carboxylic acids is 1. The third kappa shape index (κ3) is 2.13.